The first-order chi connectivity index (χ1) is 13.1. The van der Waals surface area contributed by atoms with Crippen molar-refractivity contribution >= 4 is 5.91 Å². The molecule has 2 N–H and O–H groups in total. The number of carbonyl (C=O) groups excluding carboxylic acids is 1. The summed E-state index contributed by atoms with van der Waals surface area (Å²) >= 11 is 0. The highest BCUT2D eigenvalue weighted by atomic mass is 16.1. The zero-order chi connectivity index (χ0) is 19.2. The Kier molecular flexibility index (Phi) is 6.67. The second kappa shape index (κ2) is 9.18. The molecule has 0 radical (unpaired) electrons. The van der Waals surface area contributed by atoms with Crippen molar-refractivity contribution in [3.05, 3.63) is 52.8 Å². The number of piperidine rings is 1. The lowest BCUT2D eigenvalue weighted by Gasteiger charge is -2.37. The minimum absolute atomic E-state index is 0.0995. The average Bonchev–Trinajstić information content (AvgIpc) is 3.13. The number of aryl methyl sites for hydroxylation is 2. The Bertz CT molecular complexity index is 746. The van der Waals surface area contributed by atoms with Gasteiger partial charge in [-0.3, -0.25) is 14.8 Å². The molecule has 1 amide bonds. The number of hydrogen-bond donors (Lipinski definition) is 2. The fourth-order valence-electron chi connectivity index (χ4n) is 3.89. The summed E-state index contributed by atoms with van der Waals surface area (Å²) in [7, 11) is 0. The number of nitrogens with one attached hydrogen (secondary N) is 2. The normalized spacial score (nSPS) is 17.0. The van der Waals surface area contributed by atoms with Gasteiger partial charge in [0.1, 0.15) is 5.69 Å². The predicted molar refractivity (Wildman–Crippen MR) is 109 cm³/mol. The van der Waals surface area contributed by atoms with Crippen LogP contribution in [0.25, 0.3) is 0 Å². The Hall–Kier alpha value is -2.14. The van der Waals surface area contributed by atoms with E-state index in [0.29, 0.717) is 12.2 Å². The van der Waals surface area contributed by atoms with E-state index >= 15 is 0 Å². The van der Waals surface area contributed by atoms with Crippen molar-refractivity contribution < 1.29 is 4.79 Å². The number of benzene rings is 1. The molecule has 2 aromatic rings. The number of hydrogen-bond acceptors (Lipinski definition) is 3. The van der Waals surface area contributed by atoms with Gasteiger partial charge in [0.25, 0.3) is 5.91 Å². The molecular weight excluding hydrogens is 336 g/mol. The second-order valence-electron chi connectivity index (χ2n) is 7.83. The van der Waals surface area contributed by atoms with Crippen LogP contribution < -0.4 is 5.32 Å². The summed E-state index contributed by atoms with van der Waals surface area (Å²) in [5.74, 6) is 0.687. The number of carbonyl (C=O) groups is 1. The Labute approximate surface area is 162 Å². The average molecular weight is 369 g/mol. The zero-order valence-electron chi connectivity index (χ0n) is 16.8. The van der Waals surface area contributed by atoms with Crippen LogP contribution in [0, 0.1) is 12.8 Å². The molecule has 1 aliphatic heterocycles. The number of nitrogens with zero attached hydrogens (tertiary/aromatic N) is 2. The Balaban J connectivity index is 1.71. The summed E-state index contributed by atoms with van der Waals surface area (Å²) in [4.78, 5) is 15.1. The minimum atomic E-state index is -0.0995. The third-order valence-electron chi connectivity index (χ3n) is 5.65. The highest BCUT2D eigenvalue weighted by Crippen LogP contribution is 2.28. The van der Waals surface area contributed by atoms with Crippen molar-refractivity contribution in [2.45, 2.75) is 52.5 Å². The number of H-pyrrole nitrogens is 1. The lowest BCUT2D eigenvalue weighted by atomic mass is 9.94. The maximum atomic E-state index is 12.6. The first-order valence-electron chi connectivity index (χ1n) is 10.2. The summed E-state index contributed by atoms with van der Waals surface area (Å²) in [5.41, 5.74) is 4.08. The van der Waals surface area contributed by atoms with E-state index in [1.807, 2.05) is 6.07 Å². The van der Waals surface area contributed by atoms with Crippen LogP contribution in [0.5, 0.6) is 0 Å². The van der Waals surface area contributed by atoms with E-state index < -0.39 is 0 Å². The van der Waals surface area contributed by atoms with E-state index in [4.69, 9.17) is 0 Å². The van der Waals surface area contributed by atoms with Gasteiger partial charge in [-0.1, -0.05) is 44.5 Å². The van der Waals surface area contributed by atoms with E-state index in [9.17, 15) is 4.79 Å². The molecule has 0 bridgehead atoms. The summed E-state index contributed by atoms with van der Waals surface area (Å²) in [6.45, 7) is 9.37. The monoisotopic (exact) mass is 368 g/mol. The summed E-state index contributed by atoms with van der Waals surface area (Å²) in [6, 6.07) is 10.6. The van der Waals surface area contributed by atoms with E-state index in [2.05, 4.69) is 65.5 Å². The molecule has 2 heterocycles. The molecule has 5 heteroatoms. The van der Waals surface area contributed by atoms with Crippen molar-refractivity contribution in [3.63, 3.8) is 0 Å². The number of aromatic nitrogens is 2. The van der Waals surface area contributed by atoms with Crippen LogP contribution in [0.3, 0.4) is 0 Å². The molecule has 0 spiro atoms. The highest BCUT2D eigenvalue weighted by Gasteiger charge is 2.26. The van der Waals surface area contributed by atoms with E-state index in [0.717, 1.165) is 37.5 Å². The SMILES string of the molecule is CCCc1cc(C(=O)NC[C@H](c2ccccc2C)N2CCC(C)CC2)n[nH]1. The molecule has 5 nitrogen and oxygen atoms in total. The van der Waals surface area contributed by atoms with Gasteiger partial charge in [0, 0.05) is 12.2 Å². The molecule has 0 aliphatic carbocycles. The zero-order valence-corrected chi connectivity index (χ0v) is 16.8. The van der Waals surface area contributed by atoms with Crippen LogP contribution in [0.4, 0.5) is 0 Å². The van der Waals surface area contributed by atoms with Crippen LogP contribution in [0.2, 0.25) is 0 Å². The maximum Gasteiger partial charge on any atom is 0.271 e. The number of likely N-dealkylation sites (tertiary alicyclic amines) is 1. The molecule has 0 unspecified atom stereocenters. The lowest BCUT2D eigenvalue weighted by molar-refractivity contribution is 0.0907. The third kappa shape index (κ3) is 4.98. The van der Waals surface area contributed by atoms with Crippen LogP contribution in [0.1, 0.15) is 66.5 Å². The smallest absolute Gasteiger partial charge is 0.271 e. The Morgan fingerprint density at radius 2 is 2.07 bits per heavy atom. The first-order valence-corrected chi connectivity index (χ1v) is 10.2. The molecule has 1 aliphatic rings. The molecule has 1 fully saturated rings. The van der Waals surface area contributed by atoms with Crippen LogP contribution in [-0.4, -0.2) is 40.6 Å². The first kappa shape index (κ1) is 19.6. The van der Waals surface area contributed by atoms with Crippen LogP contribution in [-0.2, 0) is 6.42 Å². The van der Waals surface area contributed by atoms with E-state index in [-0.39, 0.29) is 11.9 Å². The second-order valence-corrected chi connectivity index (χ2v) is 7.83. The molecule has 27 heavy (non-hydrogen) atoms. The number of aromatic amines is 1. The van der Waals surface area contributed by atoms with Crippen molar-refractivity contribution in [1.29, 1.82) is 0 Å². The molecule has 1 atom stereocenters. The Morgan fingerprint density at radius 3 is 2.78 bits per heavy atom. The van der Waals surface area contributed by atoms with Gasteiger partial charge in [0.15, 0.2) is 0 Å². The van der Waals surface area contributed by atoms with Crippen molar-refractivity contribution in [2.24, 2.45) is 5.92 Å². The summed E-state index contributed by atoms with van der Waals surface area (Å²) in [5, 5.41) is 10.3. The fourth-order valence-corrected chi connectivity index (χ4v) is 3.89. The van der Waals surface area contributed by atoms with E-state index in [1.165, 1.54) is 24.0 Å². The molecule has 1 aromatic heterocycles. The number of rotatable bonds is 7. The molecular formula is C22H32N4O. The molecule has 0 saturated carbocycles. The maximum absolute atomic E-state index is 12.6. The summed E-state index contributed by atoms with van der Waals surface area (Å²) in [6.07, 6.45) is 4.39. The van der Waals surface area contributed by atoms with Crippen molar-refractivity contribution in [2.75, 3.05) is 19.6 Å². The van der Waals surface area contributed by atoms with Crippen molar-refractivity contribution in [3.8, 4) is 0 Å². The summed E-state index contributed by atoms with van der Waals surface area (Å²) < 4.78 is 0. The van der Waals surface area contributed by atoms with Crippen LogP contribution in [0.15, 0.2) is 30.3 Å². The quantitative estimate of drug-likeness (QED) is 0.780. The molecule has 3 rings (SSSR count). The van der Waals surface area contributed by atoms with Gasteiger partial charge in [0.2, 0.25) is 0 Å². The fraction of sp³-hybridized carbons (Fsp3) is 0.545. The van der Waals surface area contributed by atoms with Gasteiger partial charge in [-0.05, 0) is 62.4 Å². The minimum Gasteiger partial charge on any atom is -0.349 e. The van der Waals surface area contributed by atoms with Gasteiger partial charge in [-0.25, -0.2) is 0 Å². The molecule has 1 saturated heterocycles. The van der Waals surface area contributed by atoms with Gasteiger partial charge >= 0.3 is 0 Å². The lowest BCUT2D eigenvalue weighted by Crippen LogP contribution is -2.42. The van der Waals surface area contributed by atoms with Crippen LogP contribution >= 0.6 is 0 Å². The van der Waals surface area contributed by atoms with Crippen molar-refractivity contribution in [1.82, 2.24) is 20.4 Å². The third-order valence-corrected chi connectivity index (χ3v) is 5.65. The largest absolute Gasteiger partial charge is 0.349 e. The Morgan fingerprint density at radius 1 is 1.33 bits per heavy atom. The van der Waals surface area contributed by atoms with Gasteiger partial charge in [0.05, 0.1) is 6.04 Å². The highest BCUT2D eigenvalue weighted by molar-refractivity contribution is 5.92. The topological polar surface area (TPSA) is 61.0 Å². The van der Waals surface area contributed by atoms with Gasteiger partial charge in [-0.2, -0.15) is 5.10 Å². The number of amides is 1. The van der Waals surface area contributed by atoms with Gasteiger partial charge in [-0.15, -0.1) is 0 Å². The van der Waals surface area contributed by atoms with Gasteiger partial charge < -0.3 is 5.32 Å². The molecule has 1 aromatic carbocycles. The van der Waals surface area contributed by atoms with E-state index in [1.54, 1.807) is 0 Å². The standard InChI is InChI=1S/C22H32N4O/c1-4-7-18-14-20(25-24-18)22(27)23-15-21(19-9-6-5-8-17(19)3)26-12-10-16(2)11-13-26/h5-6,8-9,14,16,21H,4,7,10-13,15H2,1-3H3,(H,23,27)(H,24,25)/t21-/m1/s1. The predicted octanol–water partition coefficient (Wildman–Crippen LogP) is 3.87. The molecule has 146 valence electrons.